The minimum atomic E-state index is -3.77. The first-order valence-electron chi connectivity index (χ1n) is 4.94. The van der Waals surface area contributed by atoms with Crippen LogP contribution in [0.3, 0.4) is 0 Å². The Morgan fingerprint density at radius 1 is 1.35 bits per heavy atom. The van der Waals surface area contributed by atoms with Gasteiger partial charge in [-0.1, -0.05) is 24.0 Å². The molecule has 6 heteroatoms. The molecule has 0 fully saturated rings. The van der Waals surface area contributed by atoms with E-state index < -0.39 is 15.9 Å². The number of hydrogen-bond donors (Lipinski definition) is 2. The van der Waals surface area contributed by atoms with Crippen LogP contribution < -0.4 is 56.7 Å². The summed E-state index contributed by atoms with van der Waals surface area (Å²) in [5.41, 5.74) is 2.55. The molecular formula is C11H18KNO3S. The van der Waals surface area contributed by atoms with Crippen LogP contribution in [0.4, 0.5) is 5.69 Å². The van der Waals surface area contributed by atoms with Crippen molar-refractivity contribution in [2.45, 2.75) is 13.8 Å². The van der Waals surface area contributed by atoms with Gasteiger partial charge in [-0.05, 0) is 25.5 Å². The maximum absolute atomic E-state index is 9.49. The normalized spacial score (nSPS) is 9.65. The molecule has 0 amide bonds. The van der Waals surface area contributed by atoms with Crippen LogP contribution in [0.15, 0.2) is 24.3 Å². The van der Waals surface area contributed by atoms with Crippen molar-refractivity contribution < 1.29 is 64.4 Å². The first kappa shape index (κ1) is 19.9. The van der Waals surface area contributed by atoms with Crippen molar-refractivity contribution in [3.8, 4) is 0 Å². The predicted molar refractivity (Wildman–Crippen MR) is 67.1 cm³/mol. The van der Waals surface area contributed by atoms with E-state index in [2.05, 4.69) is 44.3 Å². The average molecular weight is 283 g/mol. The SMILES string of the molecule is CCNc1ccccc1C.[CH2-]CS(=O)(=O)O.[K+]. The Bertz CT molecular complexity index is 407. The van der Waals surface area contributed by atoms with Gasteiger partial charge in [-0.3, -0.25) is 4.55 Å². The molecule has 1 aromatic carbocycles. The summed E-state index contributed by atoms with van der Waals surface area (Å²) in [5.74, 6) is -0.451. The number of benzene rings is 1. The number of hydrogen-bond acceptors (Lipinski definition) is 3. The minimum Gasteiger partial charge on any atom is -0.385 e. The molecule has 1 aromatic rings. The molecule has 4 nitrogen and oxygen atoms in total. The zero-order valence-corrected chi connectivity index (χ0v) is 14.5. The molecule has 0 saturated carbocycles. The largest absolute Gasteiger partial charge is 1.00 e. The van der Waals surface area contributed by atoms with E-state index in [1.54, 1.807) is 0 Å². The summed E-state index contributed by atoms with van der Waals surface area (Å²) >= 11 is 0. The van der Waals surface area contributed by atoms with Crippen LogP contribution in [0, 0.1) is 13.8 Å². The van der Waals surface area contributed by atoms with Crippen LogP contribution in [0.2, 0.25) is 0 Å². The summed E-state index contributed by atoms with van der Waals surface area (Å²) in [6, 6.07) is 8.30. The predicted octanol–water partition coefficient (Wildman–Crippen LogP) is -0.861. The summed E-state index contributed by atoms with van der Waals surface area (Å²) in [7, 11) is -3.77. The smallest absolute Gasteiger partial charge is 0.385 e. The van der Waals surface area contributed by atoms with Gasteiger partial charge in [-0.25, -0.2) is 8.42 Å². The van der Waals surface area contributed by atoms with E-state index >= 15 is 0 Å². The molecular weight excluding hydrogens is 265 g/mol. The monoisotopic (exact) mass is 283 g/mol. The molecule has 0 spiro atoms. The van der Waals surface area contributed by atoms with Crippen molar-refractivity contribution >= 4 is 15.8 Å². The van der Waals surface area contributed by atoms with Gasteiger partial charge in [0.05, 0.1) is 0 Å². The Balaban J connectivity index is 0. The molecule has 0 aliphatic carbocycles. The number of aryl methyl sites for hydroxylation is 1. The summed E-state index contributed by atoms with van der Waals surface area (Å²) in [4.78, 5) is 0. The first-order valence-corrected chi connectivity index (χ1v) is 6.55. The third-order valence-corrected chi connectivity index (χ3v) is 2.29. The van der Waals surface area contributed by atoms with Crippen LogP contribution >= 0.6 is 0 Å². The van der Waals surface area contributed by atoms with Gasteiger partial charge >= 0.3 is 51.4 Å². The fourth-order valence-corrected chi connectivity index (χ4v) is 0.962. The Morgan fingerprint density at radius 3 is 2.18 bits per heavy atom. The second-order valence-electron chi connectivity index (χ2n) is 3.13. The quantitative estimate of drug-likeness (QED) is 0.430. The molecule has 0 aromatic heterocycles. The first-order chi connectivity index (χ1) is 7.40. The maximum Gasteiger partial charge on any atom is 1.00 e. The number of rotatable bonds is 3. The van der Waals surface area contributed by atoms with Crippen molar-refractivity contribution in [2.24, 2.45) is 0 Å². The summed E-state index contributed by atoms with van der Waals surface area (Å²) in [6.07, 6.45) is 0. The molecule has 0 saturated heterocycles. The zero-order valence-electron chi connectivity index (χ0n) is 10.6. The van der Waals surface area contributed by atoms with E-state index in [0.717, 1.165) is 6.54 Å². The molecule has 2 N–H and O–H groups in total. The van der Waals surface area contributed by atoms with E-state index in [9.17, 15) is 8.42 Å². The van der Waals surface area contributed by atoms with Crippen molar-refractivity contribution in [3.05, 3.63) is 36.8 Å². The van der Waals surface area contributed by atoms with Gasteiger partial charge < -0.3 is 12.2 Å². The summed E-state index contributed by atoms with van der Waals surface area (Å²) < 4.78 is 26.7. The third kappa shape index (κ3) is 11.4. The fraction of sp³-hybridized carbons (Fsp3) is 0.364. The van der Waals surface area contributed by atoms with Crippen LogP contribution in [0.25, 0.3) is 0 Å². The topological polar surface area (TPSA) is 66.4 Å². The molecule has 1 rings (SSSR count). The standard InChI is InChI=1S/C9H13N.C2H5O3S.K/c1-3-10-9-7-5-4-6-8(9)2;1-2-6(3,4)5;/h4-7,10H,3H2,1-2H3;1-2H2,(H,3,4,5);/q;-1;+1. The Labute approximate surface area is 146 Å². The molecule has 0 heterocycles. The van der Waals surface area contributed by atoms with E-state index in [1.807, 2.05) is 6.07 Å². The van der Waals surface area contributed by atoms with Crippen molar-refractivity contribution in [1.82, 2.24) is 0 Å². The minimum absolute atomic E-state index is 0. The van der Waals surface area contributed by atoms with Crippen LogP contribution in [0.1, 0.15) is 12.5 Å². The van der Waals surface area contributed by atoms with Gasteiger partial charge in [0.15, 0.2) is 0 Å². The van der Waals surface area contributed by atoms with E-state index in [4.69, 9.17) is 4.55 Å². The van der Waals surface area contributed by atoms with Crippen LogP contribution in [-0.4, -0.2) is 25.3 Å². The maximum atomic E-state index is 9.49. The van der Waals surface area contributed by atoms with Gasteiger partial charge in [-0.2, -0.15) is 0 Å². The van der Waals surface area contributed by atoms with E-state index in [-0.39, 0.29) is 51.4 Å². The molecule has 17 heavy (non-hydrogen) atoms. The molecule has 0 atom stereocenters. The van der Waals surface area contributed by atoms with Crippen LogP contribution in [0.5, 0.6) is 0 Å². The second kappa shape index (κ2) is 10.5. The Morgan fingerprint density at radius 2 is 1.82 bits per heavy atom. The fourth-order valence-electron chi connectivity index (χ4n) is 0.962. The van der Waals surface area contributed by atoms with Gasteiger partial charge in [-0.15, -0.1) is 0 Å². The second-order valence-corrected chi connectivity index (χ2v) is 4.70. The molecule has 0 unspecified atom stereocenters. The number of para-hydroxylation sites is 1. The van der Waals surface area contributed by atoms with Gasteiger partial charge in [0, 0.05) is 12.2 Å². The Kier molecular flexibility index (Phi) is 12.3. The zero-order chi connectivity index (χ0) is 12.6. The molecule has 0 bridgehead atoms. The molecule has 0 aliphatic rings. The molecule has 0 aliphatic heterocycles. The average Bonchev–Trinajstić information content (AvgIpc) is 2.22. The number of nitrogens with one attached hydrogen (secondary N) is 1. The van der Waals surface area contributed by atoms with Crippen molar-refractivity contribution in [3.63, 3.8) is 0 Å². The van der Waals surface area contributed by atoms with Crippen molar-refractivity contribution in [1.29, 1.82) is 0 Å². The Hall–Kier alpha value is 0.566. The van der Waals surface area contributed by atoms with Gasteiger partial charge in [0.1, 0.15) is 0 Å². The summed E-state index contributed by atoms with van der Waals surface area (Å²) in [5, 5.41) is 3.28. The van der Waals surface area contributed by atoms with E-state index in [0.29, 0.717) is 0 Å². The third-order valence-electron chi connectivity index (χ3n) is 1.77. The van der Waals surface area contributed by atoms with Crippen molar-refractivity contribution in [2.75, 3.05) is 17.6 Å². The van der Waals surface area contributed by atoms with Gasteiger partial charge in [0.25, 0.3) is 0 Å². The molecule has 0 radical (unpaired) electrons. The van der Waals surface area contributed by atoms with Crippen LogP contribution in [-0.2, 0) is 10.1 Å². The molecule has 92 valence electrons. The van der Waals surface area contributed by atoms with Gasteiger partial charge in [0.2, 0.25) is 10.1 Å². The summed E-state index contributed by atoms with van der Waals surface area (Å²) in [6.45, 7) is 8.12. The number of anilines is 1. The van der Waals surface area contributed by atoms with E-state index in [1.165, 1.54) is 11.3 Å².